The van der Waals surface area contributed by atoms with Crippen LogP contribution in [-0.2, 0) is 41.6 Å². The van der Waals surface area contributed by atoms with Crippen LogP contribution in [0, 0.1) is 0 Å². The van der Waals surface area contributed by atoms with Crippen molar-refractivity contribution in [1.29, 1.82) is 0 Å². The quantitative estimate of drug-likeness (QED) is 0.0694. The molecule has 4 rings (SSSR count). The predicted octanol–water partition coefficient (Wildman–Crippen LogP) is 1.07. The highest BCUT2D eigenvalue weighted by Gasteiger charge is 2.38. The van der Waals surface area contributed by atoms with E-state index in [0.717, 1.165) is 11.1 Å². The van der Waals surface area contributed by atoms with Gasteiger partial charge >= 0.3 is 0 Å². The molecule has 3 aromatic carbocycles. The van der Waals surface area contributed by atoms with E-state index in [0.29, 0.717) is 37.8 Å². The fourth-order valence-electron chi connectivity index (χ4n) is 6.16. The molecule has 6 amide bonds. The van der Waals surface area contributed by atoms with E-state index in [2.05, 4.69) is 21.3 Å². The Hall–Kier alpha value is -6.02. The summed E-state index contributed by atoms with van der Waals surface area (Å²) in [5, 5.41) is 20.4. The van der Waals surface area contributed by atoms with Gasteiger partial charge in [0, 0.05) is 25.5 Å². The van der Waals surface area contributed by atoms with Gasteiger partial charge in [-0.25, -0.2) is 0 Å². The zero-order valence-electron chi connectivity index (χ0n) is 30.1. The molecule has 3 aromatic rings. The largest absolute Gasteiger partial charge is 0.508 e. The number of benzene rings is 3. The van der Waals surface area contributed by atoms with Crippen LogP contribution in [0.5, 0.6) is 5.75 Å². The lowest BCUT2D eigenvalue weighted by atomic mass is 10.0. The molecule has 0 aliphatic carbocycles. The molecule has 9 N–H and O–H groups in total. The van der Waals surface area contributed by atoms with Crippen molar-refractivity contribution >= 4 is 41.5 Å². The average molecular weight is 740 g/mol. The number of amides is 6. The molecule has 1 saturated heterocycles. The molecular formula is C40H49N7O7. The van der Waals surface area contributed by atoms with Gasteiger partial charge in [-0.3, -0.25) is 28.8 Å². The first kappa shape index (κ1) is 40.7. The van der Waals surface area contributed by atoms with Crippen molar-refractivity contribution in [3.8, 4) is 5.75 Å². The molecule has 1 heterocycles. The number of nitrogens with one attached hydrogen (secondary N) is 4. The number of aromatic hydroxyl groups is 1. The molecule has 0 aromatic heterocycles. The number of hydrogen-bond acceptors (Lipinski definition) is 8. The first-order valence-corrected chi connectivity index (χ1v) is 18.1. The molecular weight excluding hydrogens is 690 g/mol. The summed E-state index contributed by atoms with van der Waals surface area (Å²) in [6.07, 6.45) is 5.45. The minimum absolute atomic E-state index is 0.0530. The van der Waals surface area contributed by atoms with Gasteiger partial charge in [-0.2, -0.15) is 0 Å². The Kier molecular flexibility index (Phi) is 15.8. The predicted molar refractivity (Wildman–Crippen MR) is 203 cm³/mol. The normalized spacial score (nSPS) is 15.5. The maximum absolute atomic E-state index is 14.0. The number of nitrogens with zero attached hydrogens (tertiary/aromatic N) is 1. The third-order valence-corrected chi connectivity index (χ3v) is 9.02. The molecule has 0 bridgehead atoms. The summed E-state index contributed by atoms with van der Waals surface area (Å²) in [7, 11) is 0. The highest BCUT2D eigenvalue weighted by molar-refractivity contribution is 5.98. The number of hydrogen-bond donors (Lipinski definition) is 7. The number of carbonyl (C=O) groups is 6. The molecule has 0 saturated carbocycles. The van der Waals surface area contributed by atoms with Gasteiger partial charge in [0.05, 0.1) is 6.54 Å². The minimum Gasteiger partial charge on any atom is -0.508 e. The number of nitrogens with two attached hydrogens (primary N) is 2. The highest BCUT2D eigenvalue weighted by atomic mass is 16.3. The van der Waals surface area contributed by atoms with Gasteiger partial charge in [0.1, 0.15) is 29.9 Å². The van der Waals surface area contributed by atoms with Gasteiger partial charge in [-0.15, -0.1) is 0 Å². The van der Waals surface area contributed by atoms with Crippen LogP contribution in [0.2, 0.25) is 0 Å². The summed E-state index contributed by atoms with van der Waals surface area (Å²) in [6, 6.07) is 20.5. The van der Waals surface area contributed by atoms with Gasteiger partial charge in [-0.05, 0) is 73.5 Å². The fourth-order valence-corrected chi connectivity index (χ4v) is 6.16. The number of phenols is 1. The number of unbranched alkanes of at least 4 members (excludes halogenated alkanes) is 1. The summed E-state index contributed by atoms with van der Waals surface area (Å²) in [5.41, 5.74) is 13.5. The lowest BCUT2D eigenvalue weighted by molar-refractivity contribution is -0.141. The van der Waals surface area contributed by atoms with Crippen molar-refractivity contribution in [2.75, 3.05) is 19.6 Å². The average Bonchev–Trinajstić information content (AvgIpc) is 3.67. The van der Waals surface area contributed by atoms with Gasteiger partial charge in [0.2, 0.25) is 35.4 Å². The van der Waals surface area contributed by atoms with Crippen molar-refractivity contribution in [2.24, 2.45) is 11.5 Å². The summed E-state index contributed by atoms with van der Waals surface area (Å²) < 4.78 is 0. The molecule has 1 aliphatic heterocycles. The van der Waals surface area contributed by atoms with E-state index in [4.69, 9.17) is 11.5 Å². The highest BCUT2D eigenvalue weighted by Crippen LogP contribution is 2.20. The molecule has 14 nitrogen and oxygen atoms in total. The Morgan fingerprint density at radius 1 is 0.796 bits per heavy atom. The Morgan fingerprint density at radius 3 is 2.11 bits per heavy atom. The van der Waals surface area contributed by atoms with Gasteiger partial charge in [-0.1, -0.05) is 72.8 Å². The van der Waals surface area contributed by atoms with E-state index < -0.39 is 66.2 Å². The van der Waals surface area contributed by atoms with E-state index in [1.165, 1.54) is 23.1 Å². The smallest absolute Gasteiger partial charge is 0.246 e. The van der Waals surface area contributed by atoms with Gasteiger partial charge in [0.15, 0.2) is 0 Å². The van der Waals surface area contributed by atoms with Crippen LogP contribution in [0.3, 0.4) is 0 Å². The van der Waals surface area contributed by atoms with Crippen molar-refractivity contribution in [3.05, 3.63) is 108 Å². The van der Waals surface area contributed by atoms with E-state index in [-0.39, 0.29) is 31.6 Å². The first-order chi connectivity index (χ1) is 26.0. The van der Waals surface area contributed by atoms with E-state index in [9.17, 15) is 33.9 Å². The van der Waals surface area contributed by atoms with Crippen LogP contribution in [0.4, 0.5) is 0 Å². The maximum Gasteiger partial charge on any atom is 0.246 e. The number of rotatable bonds is 19. The zero-order valence-corrected chi connectivity index (χ0v) is 30.1. The van der Waals surface area contributed by atoms with Crippen LogP contribution >= 0.6 is 0 Å². The Bertz CT molecular complexity index is 1750. The lowest BCUT2D eigenvalue weighted by Crippen LogP contribution is -2.56. The van der Waals surface area contributed by atoms with Crippen LogP contribution < -0.4 is 32.7 Å². The van der Waals surface area contributed by atoms with Crippen molar-refractivity contribution in [1.82, 2.24) is 26.2 Å². The molecule has 3 unspecified atom stereocenters. The Morgan fingerprint density at radius 2 is 1.44 bits per heavy atom. The molecule has 286 valence electrons. The first-order valence-electron chi connectivity index (χ1n) is 18.1. The third-order valence-electron chi connectivity index (χ3n) is 9.02. The summed E-state index contributed by atoms with van der Waals surface area (Å²) >= 11 is 0. The number of phenolic OH excluding ortho intramolecular Hbond substituents is 1. The molecule has 1 fully saturated rings. The third kappa shape index (κ3) is 12.9. The number of likely N-dealkylation sites (tertiary alicyclic amines) is 1. The van der Waals surface area contributed by atoms with Crippen LogP contribution in [0.25, 0.3) is 6.08 Å². The molecule has 54 heavy (non-hydrogen) atoms. The fraction of sp³-hybridized carbons (Fsp3) is 0.350. The van der Waals surface area contributed by atoms with Gasteiger partial charge < -0.3 is 42.7 Å². The Labute approximate surface area is 314 Å². The summed E-state index contributed by atoms with van der Waals surface area (Å²) in [4.78, 5) is 80.4. The van der Waals surface area contributed by atoms with Gasteiger partial charge in [0.25, 0.3) is 0 Å². The van der Waals surface area contributed by atoms with E-state index in [1.54, 1.807) is 42.5 Å². The maximum atomic E-state index is 14.0. The van der Waals surface area contributed by atoms with Crippen LogP contribution in [0.1, 0.15) is 48.8 Å². The Balaban J connectivity index is 1.39. The van der Waals surface area contributed by atoms with E-state index in [1.807, 2.05) is 36.4 Å². The summed E-state index contributed by atoms with van der Waals surface area (Å²) in [6.45, 7) is 0.175. The van der Waals surface area contributed by atoms with E-state index >= 15 is 0 Å². The molecule has 14 heteroatoms. The minimum atomic E-state index is -1.03. The van der Waals surface area contributed by atoms with Crippen molar-refractivity contribution in [2.45, 2.75) is 69.1 Å². The van der Waals surface area contributed by atoms with Crippen molar-refractivity contribution in [3.63, 3.8) is 0 Å². The summed E-state index contributed by atoms with van der Waals surface area (Å²) in [5.74, 6) is -3.45. The lowest BCUT2D eigenvalue weighted by Gasteiger charge is -2.28. The zero-order chi connectivity index (χ0) is 38.9. The monoisotopic (exact) mass is 739 g/mol. The number of carbonyl (C=O) groups excluding carboxylic acids is 6. The SMILES string of the molecule is NCCCCC(NC(=O)CNC(=O)[C@@H]1CCCN1C(=O)C(Cc1ccc(O)cc1)NC(=O)C=Cc1ccccc1)C(=O)NC(Cc1ccccc1)C(N)=O. The molecule has 1 aliphatic rings. The standard InChI is InChI=1S/C40H49N7O7/c41-22-8-7-14-31(38(52)46-32(37(42)51)24-28-12-5-2-6-13-28)44-36(50)26-43-39(53)34-15-9-23-47(34)40(54)33(25-29-16-19-30(48)20-17-29)45-35(49)21-18-27-10-3-1-4-11-27/h1-6,10-13,16-21,31-34,48H,7-9,14-15,22-26,41H2,(H2,42,51)(H,43,53)(H,44,50)(H,45,49)(H,46,52)/t31?,32?,33?,34-/m0/s1. The van der Waals surface area contributed by atoms with Crippen LogP contribution in [-0.4, -0.2) is 89.3 Å². The topological polar surface area (TPSA) is 226 Å². The molecule has 0 radical (unpaired) electrons. The van der Waals surface area contributed by atoms with Crippen molar-refractivity contribution < 1.29 is 33.9 Å². The molecule has 0 spiro atoms. The second-order valence-electron chi connectivity index (χ2n) is 13.1. The molecule has 4 atom stereocenters. The number of primary amides is 1. The second kappa shape index (κ2) is 20.9. The van der Waals surface area contributed by atoms with Crippen LogP contribution in [0.15, 0.2) is 91.0 Å². The second-order valence-corrected chi connectivity index (χ2v) is 13.1.